The van der Waals surface area contributed by atoms with Gasteiger partial charge in [0.15, 0.2) is 0 Å². The normalized spacial score (nSPS) is 23.5. The summed E-state index contributed by atoms with van der Waals surface area (Å²) in [4.78, 5) is 2.52. The van der Waals surface area contributed by atoms with Crippen molar-refractivity contribution < 1.29 is 27.0 Å². The van der Waals surface area contributed by atoms with Gasteiger partial charge >= 0.3 is 0 Å². The number of morpholine rings is 1. The molecule has 3 heterocycles. The summed E-state index contributed by atoms with van der Waals surface area (Å²) in [5, 5.41) is 0. The highest BCUT2D eigenvalue weighted by Crippen LogP contribution is 2.41. The van der Waals surface area contributed by atoms with E-state index >= 15 is 4.39 Å². The monoisotopic (exact) mass is 502 g/mol. The van der Waals surface area contributed by atoms with Gasteiger partial charge in [-0.05, 0) is 42.7 Å². The van der Waals surface area contributed by atoms with Crippen molar-refractivity contribution in [1.29, 1.82) is 0 Å². The van der Waals surface area contributed by atoms with Gasteiger partial charge in [-0.1, -0.05) is 18.6 Å². The van der Waals surface area contributed by atoms with Crippen molar-refractivity contribution in [1.82, 2.24) is 9.21 Å². The maximum atomic E-state index is 15.1. The summed E-state index contributed by atoms with van der Waals surface area (Å²) in [5.74, 6) is -0.365. The van der Waals surface area contributed by atoms with Gasteiger partial charge in [-0.15, -0.1) is 0 Å². The molecular formula is C26H31FN2O5S. The number of halogens is 1. The van der Waals surface area contributed by atoms with E-state index in [-0.39, 0.29) is 18.0 Å². The lowest BCUT2D eigenvalue weighted by molar-refractivity contribution is -0.231. The molecule has 0 unspecified atom stereocenters. The summed E-state index contributed by atoms with van der Waals surface area (Å²) >= 11 is 0. The number of ether oxygens (including phenoxy) is 3. The Bertz CT molecular complexity index is 1200. The average molecular weight is 503 g/mol. The second-order valence-corrected chi connectivity index (χ2v) is 11.8. The number of sulfonamides is 1. The van der Waals surface area contributed by atoms with Crippen LogP contribution >= 0.6 is 0 Å². The van der Waals surface area contributed by atoms with Crippen LogP contribution in [0, 0.1) is 5.82 Å². The molecule has 0 amide bonds. The van der Waals surface area contributed by atoms with E-state index in [1.54, 1.807) is 0 Å². The summed E-state index contributed by atoms with van der Waals surface area (Å²) in [6, 6.07) is 10.4. The van der Waals surface area contributed by atoms with Crippen LogP contribution in [0.2, 0.25) is 0 Å². The molecule has 0 radical (unpaired) electrons. The first kappa shape index (κ1) is 23.4. The van der Waals surface area contributed by atoms with Gasteiger partial charge in [0.1, 0.15) is 11.6 Å². The maximum absolute atomic E-state index is 15.1. The molecule has 0 aromatic heterocycles. The van der Waals surface area contributed by atoms with Crippen LogP contribution in [-0.4, -0.2) is 68.8 Å². The summed E-state index contributed by atoms with van der Waals surface area (Å²) in [6.45, 7) is 3.63. The Kier molecular flexibility index (Phi) is 6.09. The quantitative estimate of drug-likeness (QED) is 0.634. The Morgan fingerprint density at radius 3 is 2.43 bits per heavy atom. The third kappa shape index (κ3) is 4.38. The highest BCUT2D eigenvalue weighted by molar-refractivity contribution is 7.89. The minimum atomic E-state index is -3.75. The fraction of sp³-hybridized carbons (Fsp3) is 0.538. The summed E-state index contributed by atoms with van der Waals surface area (Å²) in [5.41, 5.74) is 1.89. The van der Waals surface area contributed by atoms with E-state index in [1.807, 2.05) is 18.2 Å². The Morgan fingerprint density at radius 2 is 1.74 bits per heavy atom. The van der Waals surface area contributed by atoms with Gasteiger partial charge in [0.25, 0.3) is 0 Å². The molecule has 1 saturated carbocycles. The summed E-state index contributed by atoms with van der Waals surface area (Å²) < 4.78 is 60.0. The van der Waals surface area contributed by atoms with Gasteiger partial charge < -0.3 is 14.2 Å². The first-order valence-corrected chi connectivity index (χ1v) is 14.0. The zero-order chi connectivity index (χ0) is 24.0. The molecule has 35 heavy (non-hydrogen) atoms. The minimum Gasteiger partial charge on any atom is -0.462 e. The first-order chi connectivity index (χ1) is 16.9. The maximum Gasteiger partial charge on any atom is 0.243 e. The van der Waals surface area contributed by atoms with Crippen molar-refractivity contribution in [3.8, 4) is 16.9 Å². The van der Waals surface area contributed by atoms with Crippen LogP contribution in [-0.2, 0) is 26.1 Å². The average Bonchev–Trinajstić information content (AvgIpc) is 2.85. The van der Waals surface area contributed by atoms with Crippen LogP contribution in [0.4, 0.5) is 4.39 Å². The third-order valence-corrected chi connectivity index (χ3v) is 9.75. The molecule has 9 heteroatoms. The van der Waals surface area contributed by atoms with Crippen LogP contribution < -0.4 is 4.74 Å². The number of rotatable bonds is 4. The van der Waals surface area contributed by atoms with Crippen LogP contribution in [0.15, 0.2) is 41.3 Å². The van der Waals surface area contributed by atoms with Gasteiger partial charge in [0, 0.05) is 56.2 Å². The van der Waals surface area contributed by atoms with E-state index in [4.69, 9.17) is 14.2 Å². The highest BCUT2D eigenvalue weighted by Gasteiger charge is 2.42. The van der Waals surface area contributed by atoms with Crippen molar-refractivity contribution in [3.63, 3.8) is 0 Å². The van der Waals surface area contributed by atoms with Gasteiger partial charge in [0.2, 0.25) is 15.8 Å². The Hall–Kier alpha value is -2.04. The fourth-order valence-corrected chi connectivity index (χ4v) is 6.87. The topological polar surface area (TPSA) is 68.3 Å². The molecule has 188 valence electrons. The van der Waals surface area contributed by atoms with E-state index in [0.717, 1.165) is 49.4 Å². The van der Waals surface area contributed by atoms with Gasteiger partial charge in [-0.25, -0.2) is 12.8 Å². The van der Waals surface area contributed by atoms with Gasteiger partial charge in [-0.3, -0.25) is 4.90 Å². The molecular weight excluding hydrogens is 471 g/mol. The predicted octanol–water partition coefficient (Wildman–Crippen LogP) is 3.77. The predicted molar refractivity (Wildman–Crippen MR) is 128 cm³/mol. The lowest BCUT2D eigenvalue weighted by Gasteiger charge is -2.47. The number of benzene rings is 2. The Labute approximate surface area is 205 Å². The second kappa shape index (κ2) is 9.12. The molecule has 2 aromatic carbocycles. The van der Waals surface area contributed by atoms with Crippen LogP contribution in [0.5, 0.6) is 5.75 Å². The highest BCUT2D eigenvalue weighted by atomic mass is 32.2. The smallest absolute Gasteiger partial charge is 0.243 e. The zero-order valence-electron chi connectivity index (χ0n) is 19.7. The molecule has 2 aromatic rings. The van der Waals surface area contributed by atoms with Crippen molar-refractivity contribution in [2.75, 3.05) is 39.4 Å². The molecule has 1 aliphatic carbocycles. The molecule has 0 bridgehead atoms. The van der Waals surface area contributed by atoms with E-state index in [9.17, 15) is 8.42 Å². The molecule has 1 spiro atoms. The second-order valence-electron chi connectivity index (χ2n) is 9.90. The van der Waals surface area contributed by atoms with Gasteiger partial charge in [0.05, 0.1) is 24.7 Å². The molecule has 3 aliphatic heterocycles. The summed E-state index contributed by atoms with van der Waals surface area (Å²) in [6.07, 6.45) is 5.63. The number of hydrogen-bond acceptors (Lipinski definition) is 6. The number of fused-ring (bicyclic) bond motifs is 1. The van der Waals surface area contributed by atoms with Crippen LogP contribution in [0.1, 0.15) is 37.7 Å². The van der Waals surface area contributed by atoms with Crippen molar-refractivity contribution in [2.24, 2.45) is 0 Å². The molecule has 0 N–H and O–H groups in total. The lowest BCUT2D eigenvalue weighted by Crippen LogP contribution is -2.54. The van der Waals surface area contributed by atoms with E-state index in [2.05, 4.69) is 4.90 Å². The van der Waals surface area contributed by atoms with Crippen molar-refractivity contribution in [2.45, 2.75) is 55.4 Å². The minimum absolute atomic E-state index is 0.0412. The number of piperidine rings is 1. The van der Waals surface area contributed by atoms with Crippen LogP contribution in [0.25, 0.3) is 11.1 Å². The van der Waals surface area contributed by atoms with Gasteiger partial charge in [-0.2, -0.15) is 4.31 Å². The fourth-order valence-electron chi connectivity index (χ4n) is 5.45. The van der Waals surface area contributed by atoms with Crippen molar-refractivity contribution in [3.05, 3.63) is 47.8 Å². The largest absolute Gasteiger partial charge is 0.462 e. The number of likely N-dealkylation sites (tertiary alicyclic amines) is 1. The number of nitrogens with zero attached hydrogens (tertiary/aromatic N) is 2. The summed E-state index contributed by atoms with van der Waals surface area (Å²) in [7, 11) is -3.75. The lowest BCUT2D eigenvalue weighted by atomic mass is 9.89. The Morgan fingerprint density at radius 1 is 0.971 bits per heavy atom. The molecule has 3 fully saturated rings. The van der Waals surface area contributed by atoms with E-state index in [1.165, 1.54) is 35.7 Å². The zero-order valence-corrected chi connectivity index (χ0v) is 20.6. The SMILES string of the molecule is O=S(=O)(c1ccc(-c2ccc3c(c2)COC2(CCN(C4CCC4)CC2)O3)c(F)c1)N1CCOCC1. The Balaban J connectivity index is 1.18. The molecule has 6 rings (SSSR count). The molecule has 7 nitrogen and oxygen atoms in total. The van der Waals surface area contributed by atoms with E-state index in [0.29, 0.717) is 30.9 Å². The van der Waals surface area contributed by atoms with Crippen LogP contribution in [0.3, 0.4) is 0 Å². The van der Waals surface area contributed by atoms with Crippen molar-refractivity contribution >= 4 is 10.0 Å². The third-order valence-electron chi connectivity index (χ3n) is 7.86. The molecule has 0 atom stereocenters. The molecule has 2 saturated heterocycles. The first-order valence-electron chi connectivity index (χ1n) is 12.5. The molecule has 4 aliphatic rings. The standard InChI is InChI=1S/C26H31FN2O5S/c27-24-17-22(35(30,31)29-12-14-32-15-13-29)5-6-23(24)19-4-7-25-20(16-19)18-33-26(34-25)8-10-28(11-9-26)21-2-1-3-21/h4-7,16-17,21H,1-3,8-15,18H2. The van der Waals surface area contributed by atoms with E-state index < -0.39 is 21.6 Å². The number of hydrogen-bond donors (Lipinski definition) is 0.